The maximum Gasteiger partial charge on any atom is 0.325 e. The zero-order chi connectivity index (χ0) is 23.0. The molecule has 0 radical (unpaired) electrons. The first-order valence-corrected chi connectivity index (χ1v) is 11.8. The van der Waals surface area contributed by atoms with E-state index in [2.05, 4.69) is 49.7 Å². The monoisotopic (exact) mass is 433 g/mol. The van der Waals surface area contributed by atoms with Crippen molar-refractivity contribution in [3.8, 4) is 17.6 Å². The predicted octanol–water partition coefficient (Wildman–Crippen LogP) is 5.96. The van der Waals surface area contributed by atoms with Gasteiger partial charge in [-0.25, -0.2) is 0 Å². The number of aromatic nitrogens is 1. The molecule has 2 aromatic rings. The van der Waals surface area contributed by atoms with Crippen LogP contribution in [0.15, 0.2) is 36.7 Å². The average molecular weight is 434 g/mol. The lowest BCUT2D eigenvalue weighted by Gasteiger charge is -2.33. The molecule has 1 aliphatic rings. The van der Waals surface area contributed by atoms with Gasteiger partial charge in [0.25, 0.3) is 0 Å². The molecule has 4 heteroatoms. The van der Waals surface area contributed by atoms with E-state index < -0.39 is 5.92 Å². The molecule has 1 aliphatic heterocycles. The average Bonchev–Trinajstić information content (AvgIpc) is 2.78. The highest BCUT2D eigenvalue weighted by atomic mass is 16.5. The van der Waals surface area contributed by atoms with Gasteiger partial charge in [0.15, 0.2) is 0 Å². The van der Waals surface area contributed by atoms with Crippen LogP contribution >= 0.6 is 0 Å². The molecular weight excluding hydrogens is 398 g/mol. The molecule has 1 atom stereocenters. The van der Waals surface area contributed by atoms with Crippen molar-refractivity contribution in [2.45, 2.75) is 77.6 Å². The summed E-state index contributed by atoms with van der Waals surface area (Å²) in [6.45, 7) is 9.61. The summed E-state index contributed by atoms with van der Waals surface area (Å²) in [7, 11) is 0. The number of unbranched alkanes of at least 4 members (excludes halogenated alkanes) is 3. The smallest absolute Gasteiger partial charge is 0.325 e. The summed E-state index contributed by atoms with van der Waals surface area (Å²) in [4.78, 5) is 16.8. The molecule has 3 rings (SSSR count). The number of hydrogen-bond donors (Lipinski definition) is 0. The number of fused-ring (bicyclic) bond motifs is 1. The van der Waals surface area contributed by atoms with Crippen molar-refractivity contribution >= 4 is 5.97 Å². The van der Waals surface area contributed by atoms with E-state index in [1.165, 1.54) is 30.4 Å². The highest BCUT2D eigenvalue weighted by Crippen LogP contribution is 2.40. The van der Waals surface area contributed by atoms with Crippen molar-refractivity contribution in [2.75, 3.05) is 13.2 Å². The van der Waals surface area contributed by atoms with Gasteiger partial charge in [0.2, 0.25) is 0 Å². The van der Waals surface area contributed by atoms with Crippen LogP contribution < -0.4 is 4.74 Å². The van der Waals surface area contributed by atoms with Crippen molar-refractivity contribution in [1.82, 2.24) is 4.98 Å². The van der Waals surface area contributed by atoms with E-state index in [1.54, 1.807) is 12.4 Å². The second kappa shape index (κ2) is 11.2. The Balaban J connectivity index is 2.00. The molecule has 0 amide bonds. The second-order valence-electron chi connectivity index (χ2n) is 9.04. The summed E-state index contributed by atoms with van der Waals surface area (Å²) < 4.78 is 11.3. The Bertz CT molecular complexity index is 969. The molecule has 0 saturated heterocycles. The summed E-state index contributed by atoms with van der Waals surface area (Å²) >= 11 is 0. The van der Waals surface area contributed by atoms with Crippen LogP contribution in [-0.4, -0.2) is 24.2 Å². The first-order chi connectivity index (χ1) is 15.5. The van der Waals surface area contributed by atoms with E-state index in [0.29, 0.717) is 6.61 Å². The SMILES string of the molecule is CCCCCCc1cc2c(cc1C#CC(C(=O)OCC)c1cccnc1)C(C)(C)CCO2. The molecule has 0 spiro atoms. The molecule has 0 fully saturated rings. The molecule has 1 aromatic heterocycles. The molecule has 0 bridgehead atoms. The van der Waals surface area contributed by atoms with E-state index in [9.17, 15) is 4.79 Å². The Morgan fingerprint density at radius 3 is 2.81 bits per heavy atom. The van der Waals surface area contributed by atoms with E-state index in [4.69, 9.17) is 9.47 Å². The summed E-state index contributed by atoms with van der Waals surface area (Å²) in [6, 6.07) is 8.05. The van der Waals surface area contributed by atoms with Gasteiger partial charge in [-0.05, 0) is 60.9 Å². The largest absolute Gasteiger partial charge is 0.493 e. The third-order valence-corrected chi connectivity index (χ3v) is 6.11. The zero-order valence-corrected chi connectivity index (χ0v) is 19.9. The Hall–Kier alpha value is -2.80. The molecule has 1 aromatic carbocycles. The third-order valence-electron chi connectivity index (χ3n) is 6.11. The number of rotatable bonds is 8. The number of nitrogens with zero attached hydrogens (tertiary/aromatic N) is 1. The first-order valence-electron chi connectivity index (χ1n) is 11.8. The quantitative estimate of drug-likeness (QED) is 0.293. The molecular formula is C28H35NO3. The number of benzene rings is 1. The minimum absolute atomic E-state index is 0.0364. The number of carbonyl (C=O) groups excluding carboxylic acids is 1. The number of pyridine rings is 1. The molecule has 0 aliphatic carbocycles. The summed E-state index contributed by atoms with van der Waals surface area (Å²) in [5.41, 5.74) is 4.16. The van der Waals surface area contributed by atoms with Crippen LogP contribution in [0.3, 0.4) is 0 Å². The summed E-state index contributed by atoms with van der Waals surface area (Å²) in [6.07, 6.45) is 10.1. The highest BCUT2D eigenvalue weighted by Gasteiger charge is 2.29. The van der Waals surface area contributed by atoms with E-state index in [-0.39, 0.29) is 11.4 Å². The van der Waals surface area contributed by atoms with E-state index in [1.807, 2.05) is 19.1 Å². The number of aryl methyl sites for hydroxylation is 1. The van der Waals surface area contributed by atoms with Crippen LogP contribution in [0, 0.1) is 11.8 Å². The first kappa shape index (κ1) is 23.9. The van der Waals surface area contributed by atoms with Crippen molar-refractivity contribution in [3.05, 3.63) is 58.9 Å². The number of hydrogen-bond acceptors (Lipinski definition) is 4. The summed E-state index contributed by atoms with van der Waals surface area (Å²) in [5.74, 6) is 6.54. The number of ether oxygens (including phenoxy) is 2. The Kier molecular flexibility index (Phi) is 8.33. The van der Waals surface area contributed by atoms with Gasteiger partial charge in [0.05, 0.1) is 13.2 Å². The normalized spacial score (nSPS) is 15.0. The van der Waals surface area contributed by atoms with Crippen LogP contribution in [0.1, 0.15) is 88.0 Å². The molecule has 0 N–H and O–H groups in total. The number of esters is 1. The minimum Gasteiger partial charge on any atom is -0.493 e. The lowest BCUT2D eigenvalue weighted by atomic mass is 9.78. The van der Waals surface area contributed by atoms with Crippen molar-refractivity contribution in [1.29, 1.82) is 0 Å². The van der Waals surface area contributed by atoms with Crippen molar-refractivity contribution in [3.63, 3.8) is 0 Å². The maximum absolute atomic E-state index is 12.7. The lowest BCUT2D eigenvalue weighted by Crippen LogP contribution is -2.27. The van der Waals surface area contributed by atoms with Gasteiger partial charge in [-0.15, -0.1) is 0 Å². The molecule has 2 heterocycles. The van der Waals surface area contributed by atoms with Crippen LogP contribution in [-0.2, 0) is 21.4 Å². The minimum atomic E-state index is -0.656. The highest BCUT2D eigenvalue weighted by molar-refractivity contribution is 5.82. The molecule has 32 heavy (non-hydrogen) atoms. The van der Waals surface area contributed by atoms with Crippen LogP contribution in [0.2, 0.25) is 0 Å². The van der Waals surface area contributed by atoms with Gasteiger partial charge in [-0.1, -0.05) is 57.9 Å². The molecule has 1 unspecified atom stereocenters. The lowest BCUT2D eigenvalue weighted by molar-refractivity contribution is -0.143. The third kappa shape index (κ3) is 5.91. The van der Waals surface area contributed by atoms with Gasteiger partial charge in [0.1, 0.15) is 11.7 Å². The van der Waals surface area contributed by atoms with E-state index >= 15 is 0 Å². The second-order valence-corrected chi connectivity index (χ2v) is 9.04. The van der Waals surface area contributed by atoms with Crippen molar-refractivity contribution < 1.29 is 14.3 Å². The predicted molar refractivity (Wildman–Crippen MR) is 128 cm³/mol. The Morgan fingerprint density at radius 1 is 1.25 bits per heavy atom. The molecule has 0 saturated carbocycles. The number of carbonyl (C=O) groups is 1. The fourth-order valence-electron chi connectivity index (χ4n) is 4.09. The van der Waals surface area contributed by atoms with Crippen molar-refractivity contribution in [2.24, 2.45) is 0 Å². The van der Waals surface area contributed by atoms with Gasteiger partial charge >= 0.3 is 5.97 Å². The van der Waals surface area contributed by atoms with Crippen LogP contribution in [0.5, 0.6) is 5.75 Å². The van der Waals surface area contributed by atoms with Gasteiger partial charge in [0, 0.05) is 23.5 Å². The maximum atomic E-state index is 12.7. The Morgan fingerprint density at radius 2 is 2.09 bits per heavy atom. The molecule has 170 valence electrons. The van der Waals surface area contributed by atoms with Gasteiger partial charge < -0.3 is 9.47 Å². The van der Waals surface area contributed by atoms with E-state index in [0.717, 1.165) is 42.7 Å². The topological polar surface area (TPSA) is 48.4 Å². The Labute approximate surface area is 192 Å². The standard InChI is InChI=1S/C28H35NO3/c1-5-7-8-9-11-21-19-26-25(28(3,4)15-17-32-26)18-22(21)13-14-24(27(30)31-6-2)23-12-10-16-29-20-23/h10,12,16,18-20,24H,5-9,11,15,17H2,1-4H3. The van der Waals surface area contributed by atoms with Crippen LogP contribution in [0.25, 0.3) is 0 Å². The van der Waals surface area contributed by atoms with Gasteiger partial charge in [-0.2, -0.15) is 0 Å². The zero-order valence-electron chi connectivity index (χ0n) is 19.9. The van der Waals surface area contributed by atoms with Gasteiger partial charge in [-0.3, -0.25) is 9.78 Å². The van der Waals surface area contributed by atoms with Crippen LogP contribution in [0.4, 0.5) is 0 Å². The molecule has 4 nitrogen and oxygen atoms in total. The fraction of sp³-hybridized carbons (Fsp3) is 0.500. The summed E-state index contributed by atoms with van der Waals surface area (Å²) in [5, 5.41) is 0. The fourth-order valence-corrected chi connectivity index (χ4v) is 4.09.